The topological polar surface area (TPSA) is 118 Å². The molecule has 0 aromatic carbocycles. The third-order valence-electron chi connectivity index (χ3n) is 4.66. The van der Waals surface area contributed by atoms with Crippen LogP contribution < -0.4 is 0 Å². The van der Waals surface area contributed by atoms with Gasteiger partial charge in [0.1, 0.15) is 6.10 Å². The average molecular weight is 775 g/mol. The maximum atomic E-state index is 7.50. The second kappa shape index (κ2) is 29.1. The van der Waals surface area contributed by atoms with Gasteiger partial charge in [0.05, 0.1) is 8.07 Å². The fraction of sp³-hybridized carbons (Fsp3) is 0.567. The van der Waals surface area contributed by atoms with Crippen LogP contribution in [0.3, 0.4) is 0 Å². The first-order valence-corrected chi connectivity index (χ1v) is 25.5. The van der Waals surface area contributed by atoms with E-state index in [2.05, 4.69) is 153 Å². The Balaban J connectivity index is -0.0000000961. The first-order valence-electron chi connectivity index (χ1n) is 12.7. The van der Waals surface area contributed by atoms with Gasteiger partial charge in [-0.25, -0.2) is 0 Å². The number of rotatable bonds is 5. The van der Waals surface area contributed by atoms with Crippen molar-refractivity contribution in [3.05, 3.63) is 81.6 Å². The Hall–Kier alpha value is 1.18. The summed E-state index contributed by atoms with van der Waals surface area (Å²) in [6.07, 6.45) is 7.96. The molecular formula is C30H48CrFeO7P2Si3. The minimum Gasteiger partial charge on any atom is 0 e. The predicted octanol–water partition coefficient (Wildman–Crippen LogP) is 9.60. The average Bonchev–Trinajstić information content (AvgIpc) is 3.52. The van der Waals surface area contributed by atoms with Crippen molar-refractivity contribution in [1.82, 2.24) is 0 Å². The van der Waals surface area contributed by atoms with Gasteiger partial charge in [0, 0.05) is 39.7 Å². The maximum Gasteiger partial charge on any atom is 0 e. The molecule has 1 aliphatic heterocycles. The van der Waals surface area contributed by atoms with E-state index in [-0.39, 0.29) is 45.3 Å². The number of hydrogen-bond donors (Lipinski definition) is 0. The van der Waals surface area contributed by atoms with Gasteiger partial charge < -0.3 is 8.85 Å². The summed E-state index contributed by atoms with van der Waals surface area (Å²) in [5.41, 5.74) is 0.562. The summed E-state index contributed by atoms with van der Waals surface area (Å²) in [4.78, 5) is 0. The monoisotopic (exact) mass is 774 g/mol. The Bertz CT molecular complexity index is 753. The molecule has 1 heterocycles. The van der Waals surface area contributed by atoms with E-state index >= 15 is 0 Å². The van der Waals surface area contributed by atoms with Crippen molar-refractivity contribution >= 4 is 41.2 Å². The van der Waals surface area contributed by atoms with Gasteiger partial charge in [-0.05, 0) is 97.7 Å². The van der Waals surface area contributed by atoms with Crippen LogP contribution in [0.4, 0.5) is 0 Å². The van der Waals surface area contributed by atoms with Gasteiger partial charge in [-0.2, -0.15) is 0 Å². The maximum absolute atomic E-state index is 7.50. The molecule has 44 heavy (non-hydrogen) atoms. The molecule has 0 aromatic heterocycles. The summed E-state index contributed by atoms with van der Waals surface area (Å²) in [6.45, 7) is 56.7. The third kappa shape index (κ3) is 29.3. The van der Waals surface area contributed by atoms with Crippen LogP contribution in [0.15, 0.2) is 0 Å². The Labute approximate surface area is 299 Å². The molecule has 0 aromatic rings. The van der Waals surface area contributed by atoms with Crippen molar-refractivity contribution < 1.29 is 66.5 Å². The van der Waals surface area contributed by atoms with Crippen LogP contribution in [0.5, 0.6) is 0 Å². The molecule has 246 valence electrons. The van der Waals surface area contributed by atoms with Crippen LogP contribution in [-0.2, 0) is 66.5 Å². The smallest absolute Gasteiger partial charge is 0 e. The molecule has 1 saturated carbocycles. The fourth-order valence-corrected chi connectivity index (χ4v) is 13.2. The summed E-state index contributed by atoms with van der Waals surface area (Å²) < 4.78 is 50.2. The zero-order valence-corrected chi connectivity index (χ0v) is 35.9. The van der Waals surface area contributed by atoms with Crippen molar-refractivity contribution in [3.8, 4) is 0 Å². The van der Waals surface area contributed by atoms with E-state index in [1.807, 2.05) is 0 Å². The van der Waals surface area contributed by atoms with E-state index in [9.17, 15) is 0 Å². The Morgan fingerprint density at radius 1 is 0.568 bits per heavy atom. The van der Waals surface area contributed by atoms with Gasteiger partial charge in [0.15, 0.2) is 22.5 Å². The van der Waals surface area contributed by atoms with Gasteiger partial charge in [-0.3, -0.25) is 0 Å². The molecule has 2 aliphatic rings. The van der Waals surface area contributed by atoms with E-state index in [4.69, 9.17) is 32.1 Å². The molecule has 0 bridgehead atoms. The van der Waals surface area contributed by atoms with E-state index in [1.165, 1.54) is 33.7 Å². The van der Waals surface area contributed by atoms with Crippen molar-refractivity contribution in [2.24, 2.45) is 10.8 Å². The molecule has 1 saturated heterocycles. The zero-order valence-electron chi connectivity index (χ0n) is 28.7. The van der Waals surface area contributed by atoms with Crippen molar-refractivity contribution in [2.45, 2.75) is 100 Å². The van der Waals surface area contributed by atoms with Gasteiger partial charge in [0.2, 0.25) is 0 Å². The van der Waals surface area contributed by atoms with Crippen LogP contribution in [0.1, 0.15) is 41.5 Å². The van der Waals surface area contributed by atoms with E-state index in [0.29, 0.717) is 0 Å². The Morgan fingerprint density at radius 2 is 0.864 bits per heavy atom. The minimum atomic E-state index is -1.59. The summed E-state index contributed by atoms with van der Waals surface area (Å²) in [6, 6.07) is 0. The van der Waals surface area contributed by atoms with Crippen molar-refractivity contribution in [3.63, 3.8) is 0 Å². The molecule has 0 amide bonds. The Kier molecular flexibility index (Phi) is 40.1. The first-order chi connectivity index (χ1) is 19.0. The Morgan fingerprint density at radius 3 is 1.07 bits per heavy atom. The van der Waals surface area contributed by atoms with Crippen LogP contribution >= 0.6 is 16.5 Å². The third-order valence-corrected chi connectivity index (χ3v) is 13.4. The molecule has 14 heteroatoms. The molecule has 2 rings (SSSR count). The zero-order chi connectivity index (χ0) is 35.3. The van der Waals surface area contributed by atoms with E-state index in [0.717, 1.165) is 11.9 Å². The second-order valence-electron chi connectivity index (χ2n) is 13.8. The SMILES string of the molecule is CC(C)(C)[C]1[CH][CH][C](C(C)(C)C)[CH]1.C[Si](C)(C)O[C]1[P][P][C]([Si](C)(C)C)[C]1O[Si](C)(C)C.[C-]#[O+].[C-]#[O+].[C-]#[O+].[C-]#[O+].[C-]#[O+].[Cr].[Fe]. The van der Waals surface area contributed by atoms with Gasteiger partial charge >= 0.3 is 56.5 Å². The molecule has 0 atom stereocenters. The molecule has 0 N–H and O–H groups in total. The standard InChI is InChI=1S/C13H21.C12H27O2P2Si3.5CO.Cr.Fe/c1-12(2,3)10-7-8-11(9-10)13(4,5)6;1-17(2,3)12-10(13-18(4,5)6)11(15-16-12)14-19(7,8)9;5*1-2;;/h7-9H,1-6H3;1-9H3;;;;;;;. The largest absolute Gasteiger partial charge is 0 e. The molecule has 7 nitrogen and oxygen atoms in total. The molecule has 1 aliphatic carbocycles. The quantitative estimate of drug-likeness (QED) is 0.120. The van der Waals surface area contributed by atoms with Crippen molar-refractivity contribution in [2.75, 3.05) is 0 Å². The molecule has 2 fully saturated rings. The molecule has 0 spiro atoms. The van der Waals surface area contributed by atoms with E-state index < -0.39 is 24.7 Å². The van der Waals surface area contributed by atoms with Crippen LogP contribution in [0.25, 0.3) is 0 Å². The summed E-state index contributed by atoms with van der Waals surface area (Å²) in [5, 5.41) is 1.53. The van der Waals surface area contributed by atoms with Gasteiger partial charge in [0.25, 0.3) is 0 Å². The fourth-order valence-electron chi connectivity index (χ4n) is 2.91. The predicted molar refractivity (Wildman–Crippen MR) is 174 cm³/mol. The first kappa shape index (κ1) is 60.5. The van der Waals surface area contributed by atoms with Crippen LogP contribution in [0.2, 0.25) is 58.9 Å². The second-order valence-corrected chi connectivity index (χ2v) is 30.5. The molecule has 0 unspecified atom stereocenters. The van der Waals surface area contributed by atoms with Crippen LogP contribution in [-0.4, -0.2) is 24.7 Å². The summed E-state index contributed by atoms with van der Waals surface area (Å²) >= 11 is 0. The van der Waals surface area contributed by atoms with Crippen molar-refractivity contribution in [1.29, 1.82) is 0 Å². The molecule has 10 radical (unpaired) electrons. The van der Waals surface area contributed by atoms with Gasteiger partial charge in [-0.15, -0.1) is 0 Å². The number of hydrogen-bond acceptors (Lipinski definition) is 2. The van der Waals surface area contributed by atoms with Crippen LogP contribution in [0, 0.1) is 92.4 Å². The minimum absolute atomic E-state index is 0. The molecular weight excluding hydrogens is 726 g/mol. The summed E-state index contributed by atoms with van der Waals surface area (Å²) in [7, 11) is -1.81. The summed E-state index contributed by atoms with van der Waals surface area (Å²) in [5.74, 6) is 4.00. The van der Waals surface area contributed by atoms with E-state index in [1.54, 1.807) is 0 Å². The van der Waals surface area contributed by atoms with Gasteiger partial charge in [-0.1, -0.05) is 61.2 Å². The normalized spacial score (nSPS) is 17.2.